The molecule has 39 heavy (non-hydrogen) atoms. The van der Waals surface area contributed by atoms with E-state index >= 15 is 0 Å². The predicted octanol–water partition coefficient (Wildman–Crippen LogP) is 3.06. The van der Waals surface area contributed by atoms with E-state index < -0.39 is 52.1 Å². The molecule has 0 aliphatic heterocycles. The summed E-state index contributed by atoms with van der Waals surface area (Å²) < 4.78 is 85.0. The minimum atomic E-state index is -5.14. The third-order valence-electron chi connectivity index (χ3n) is 5.67. The number of carbonyl (C=O) groups is 1. The average Bonchev–Trinajstić information content (AvgIpc) is 3.66. The summed E-state index contributed by atoms with van der Waals surface area (Å²) in [5, 5.41) is 17.0. The standard InChI is InChI=1S/C21H10F6N10O2/c22-20(23,24)12-5-9(6-28-17(12)37-29-3-4-30-37)33-19(39)11-8-32-36(16(11)21(25,26)27)14-2-1-13-15-10(18(38)34-13)7-31-35(14)15/h1-8H,(H,33,39)(H,34,38). The fourth-order valence-electron chi connectivity index (χ4n) is 4.08. The summed E-state index contributed by atoms with van der Waals surface area (Å²) >= 11 is 0. The number of anilines is 1. The minimum Gasteiger partial charge on any atom is -0.320 e. The summed E-state index contributed by atoms with van der Waals surface area (Å²) in [6.45, 7) is 0. The number of amides is 1. The third-order valence-corrected chi connectivity index (χ3v) is 5.67. The molecule has 0 saturated carbocycles. The molecule has 0 fully saturated rings. The van der Waals surface area contributed by atoms with Crippen LogP contribution in [-0.2, 0) is 12.4 Å². The number of halogens is 6. The number of nitrogens with zero attached hydrogens (tertiary/aromatic N) is 8. The van der Waals surface area contributed by atoms with E-state index in [9.17, 15) is 35.9 Å². The first-order valence-corrected chi connectivity index (χ1v) is 10.7. The first kappa shape index (κ1) is 24.1. The molecule has 0 spiro atoms. The maximum Gasteiger partial charge on any atom is 0.434 e. The van der Waals surface area contributed by atoms with Gasteiger partial charge in [-0.2, -0.15) is 46.7 Å². The van der Waals surface area contributed by atoms with E-state index in [2.05, 4.69) is 30.4 Å². The van der Waals surface area contributed by atoms with Crippen molar-refractivity contribution in [1.82, 2.24) is 44.4 Å². The molecule has 0 unspecified atom stereocenters. The van der Waals surface area contributed by atoms with Crippen LogP contribution in [0.15, 0.2) is 54.0 Å². The van der Waals surface area contributed by atoms with Crippen molar-refractivity contribution in [2.75, 3.05) is 5.32 Å². The SMILES string of the molecule is O=C(Nc1cnc(-n2nccn2)c(C(F)(F)F)c1)c1cnn(-c2ccc3[nH]c(=O)c4cnn2c34)c1C(F)(F)F. The zero-order valence-corrected chi connectivity index (χ0v) is 18.8. The van der Waals surface area contributed by atoms with Gasteiger partial charge in [-0.05, 0) is 18.2 Å². The maximum atomic E-state index is 14.2. The Kier molecular flexibility index (Phi) is 5.00. The van der Waals surface area contributed by atoms with E-state index in [1.54, 1.807) is 0 Å². The number of carbonyl (C=O) groups excluding carboxylic acids is 1. The van der Waals surface area contributed by atoms with Gasteiger partial charge in [0.1, 0.15) is 11.1 Å². The summed E-state index contributed by atoms with van der Waals surface area (Å²) in [5.41, 5.74) is -4.35. The number of rotatable bonds is 4. The van der Waals surface area contributed by atoms with Crippen LogP contribution >= 0.6 is 0 Å². The topological polar surface area (TPSA) is 141 Å². The van der Waals surface area contributed by atoms with Gasteiger partial charge < -0.3 is 10.3 Å². The van der Waals surface area contributed by atoms with Gasteiger partial charge >= 0.3 is 12.4 Å². The molecule has 0 radical (unpaired) electrons. The van der Waals surface area contributed by atoms with Gasteiger partial charge in [0.05, 0.1) is 53.1 Å². The molecule has 2 N–H and O–H groups in total. The van der Waals surface area contributed by atoms with Crippen molar-refractivity contribution in [1.29, 1.82) is 0 Å². The van der Waals surface area contributed by atoms with E-state index in [-0.39, 0.29) is 16.7 Å². The van der Waals surface area contributed by atoms with Gasteiger partial charge in [0.15, 0.2) is 17.3 Å². The third kappa shape index (κ3) is 3.83. The second-order valence-corrected chi connectivity index (χ2v) is 8.06. The van der Waals surface area contributed by atoms with E-state index in [0.717, 1.165) is 23.1 Å². The molecule has 0 saturated heterocycles. The van der Waals surface area contributed by atoms with E-state index in [4.69, 9.17) is 0 Å². The van der Waals surface area contributed by atoms with Gasteiger partial charge in [-0.3, -0.25) is 9.59 Å². The Morgan fingerprint density at radius 2 is 1.67 bits per heavy atom. The molecule has 1 amide bonds. The second kappa shape index (κ2) is 8.10. The van der Waals surface area contributed by atoms with Gasteiger partial charge in [0, 0.05) is 0 Å². The molecule has 0 bridgehead atoms. The smallest absolute Gasteiger partial charge is 0.320 e. The van der Waals surface area contributed by atoms with Crippen LogP contribution in [0.4, 0.5) is 32.0 Å². The quantitative estimate of drug-likeness (QED) is 0.323. The first-order chi connectivity index (χ1) is 18.4. The van der Waals surface area contributed by atoms with Gasteiger partial charge in [-0.15, -0.1) is 4.80 Å². The largest absolute Gasteiger partial charge is 0.434 e. The van der Waals surface area contributed by atoms with E-state index in [0.29, 0.717) is 27.3 Å². The molecule has 0 aliphatic rings. The number of H-pyrrole nitrogens is 1. The Labute approximate surface area is 209 Å². The number of aromatic amines is 1. The van der Waals surface area contributed by atoms with E-state index in [1.165, 1.54) is 18.3 Å². The number of hydrogen-bond acceptors (Lipinski definition) is 7. The molecule has 0 aliphatic carbocycles. The van der Waals surface area contributed by atoms with Crippen LogP contribution in [0, 0.1) is 0 Å². The molecular weight excluding hydrogens is 538 g/mol. The highest BCUT2D eigenvalue weighted by Gasteiger charge is 2.41. The van der Waals surface area contributed by atoms with Gasteiger partial charge in [-0.25, -0.2) is 14.2 Å². The molecular formula is C21H10F6N10O2. The molecule has 18 heteroatoms. The average molecular weight is 548 g/mol. The Morgan fingerprint density at radius 1 is 0.923 bits per heavy atom. The highest BCUT2D eigenvalue weighted by atomic mass is 19.4. The van der Waals surface area contributed by atoms with Crippen LogP contribution in [0.3, 0.4) is 0 Å². The first-order valence-electron chi connectivity index (χ1n) is 10.7. The fraction of sp³-hybridized carbons (Fsp3) is 0.0952. The zero-order chi connectivity index (χ0) is 27.7. The lowest BCUT2D eigenvalue weighted by Gasteiger charge is -2.15. The monoisotopic (exact) mass is 548 g/mol. The number of aromatic nitrogens is 9. The molecule has 198 valence electrons. The molecule has 12 nitrogen and oxygen atoms in total. The lowest BCUT2D eigenvalue weighted by atomic mass is 10.2. The van der Waals surface area contributed by atoms with Gasteiger partial charge in [-0.1, -0.05) is 0 Å². The summed E-state index contributed by atoms with van der Waals surface area (Å²) in [5.74, 6) is -2.35. The molecule has 6 aromatic heterocycles. The van der Waals surface area contributed by atoms with Crippen LogP contribution < -0.4 is 10.9 Å². The van der Waals surface area contributed by atoms with Gasteiger partial charge in [0.2, 0.25) is 0 Å². The highest BCUT2D eigenvalue weighted by Crippen LogP contribution is 2.36. The molecule has 6 heterocycles. The van der Waals surface area contributed by atoms with Crippen molar-refractivity contribution in [3.8, 4) is 11.6 Å². The number of alkyl halides is 6. The van der Waals surface area contributed by atoms with Crippen molar-refractivity contribution in [2.45, 2.75) is 12.4 Å². The Morgan fingerprint density at radius 3 is 2.36 bits per heavy atom. The minimum absolute atomic E-state index is 0.132. The normalized spacial score (nSPS) is 12.6. The highest BCUT2D eigenvalue weighted by molar-refractivity contribution is 6.05. The molecule has 6 rings (SSSR count). The van der Waals surface area contributed by atoms with Crippen LogP contribution in [0.5, 0.6) is 0 Å². The number of nitrogens with one attached hydrogen (secondary N) is 2. The fourth-order valence-corrected chi connectivity index (χ4v) is 4.08. The molecule has 0 atom stereocenters. The molecule has 0 aromatic carbocycles. The second-order valence-electron chi connectivity index (χ2n) is 8.06. The zero-order valence-electron chi connectivity index (χ0n) is 18.8. The van der Waals surface area contributed by atoms with Crippen LogP contribution in [0.25, 0.3) is 28.1 Å². The van der Waals surface area contributed by atoms with Crippen molar-refractivity contribution >= 4 is 28.0 Å². The number of hydrogen-bond donors (Lipinski definition) is 2. The summed E-state index contributed by atoms with van der Waals surface area (Å²) in [4.78, 5) is 31.7. The lowest BCUT2D eigenvalue weighted by molar-refractivity contribution is -0.143. The van der Waals surface area contributed by atoms with Crippen LogP contribution in [0.1, 0.15) is 21.6 Å². The van der Waals surface area contributed by atoms with E-state index in [1.807, 2.05) is 5.32 Å². The van der Waals surface area contributed by atoms with Crippen LogP contribution in [-0.4, -0.2) is 50.3 Å². The lowest BCUT2D eigenvalue weighted by Crippen LogP contribution is -2.22. The number of pyridine rings is 2. The van der Waals surface area contributed by atoms with Crippen molar-refractivity contribution in [3.63, 3.8) is 0 Å². The van der Waals surface area contributed by atoms with Crippen molar-refractivity contribution < 1.29 is 31.1 Å². The Hall–Kier alpha value is -5.29. The summed E-state index contributed by atoms with van der Waals surface area (Å²) in [6, 6.07) is 3.05. The summed E-state index contributed by atoms with van der Waals surface area (Å²) in [7, 11) is 0. The summed E-state index contributed by atoms with van der Waals surface area (Å²) in [6.07, 6.45) is -5.25. The van der Waals surface area contributed by atoms with Crippen LogP contribution in [0.2, 0.25) is 0 Å². The van der Waals surface area contributed by atoms with Crippen molar-refractivity contribution in [2.24, 2.45) is 0 Å². The Balaban J connectivity index is 1.42. The predicted molar refractivity (Wildman–Crippen MR) is 119 cm³/mol. The Bertz CT molecular complexity index is 1920. The van der Waals surface area contributed by atoms with Crippen molar-refractivity contribution in [3.05, 3.63) is 76.4 Å². The van der Waals surface area contributed by atoms with Gasteiger partial charge in [0.25, 0.3) is 11.5 Å². The maximum absolute atomic E-state index is 14.2. The molecule has 6 aromatic rings.